The van der Waals surface area contributed by atoms with E-state index in [2.05, 4.69) is 13.8 Å². The largest absolute Gasteiger partial charge is 0.496 e. The van der Waals surface area contributed by atoms with Crippen LogP contribution < -0.4 is 9.47 Å². The van der Waals surface area contributed by atoms with Gasteiger partial charge in [0.2, 0.25) is 0 Å². The fourth-order valence-corrected chi connectivity index (χ4v) is 3.46. The van der Waals surface area contributed by atoms with Crippen LogP contribution in [0.3, 0.4) is 0 Å². The van der Waals surface area contributed by atoms with Gasteiger partial charge in [0.15, 0.2) is 5.78 Å². The Morgan fingerprint density at radius 2 is 1.53 bits per heavy atom. The van der Waals surface area contributed by atoms with Gasteiger partial charge in [0.1, 0.15) is 23.0 Å². The number of ketones is 1. The first-order chi connectivity index (χ1) is 14.6. The third kappa shape index (κ3) is 5.85. The van der Waals surface area contributed by atoms with Gasteiger partial charge in [0.05, 0.1) is 20.8 Å². The fraction of sp³-hybridized carbons (Fsp3) is 0.440. The molecule has 2 unspecified atom stereocenters. The average Bonchev–Trinajstić information content (AvgIpc) is 2.79. The van der Waals surface area contributed by atoms with Gasteiger partial charge in [-0.3, -0.25) is 9.59 Å². The van der Waals surface area contributed by atoms with Crippen LogP contribution in [-0.2, 0) is 9.53 Å². The van der Waals surface area contributed by atoms with Crippen molar-refractivity contribution < 1.29 is 23.8 Å². The molecule has 0 fully saturated rings. The van der Waals surface area contributed by atoms with Gasteiger partial charge in [0.25, 0.3) is 0 Å². The van der Waals surface area contributed by atoms with Gasteiger partial charge in [-0.2, -0.15) is 0 Å². The summed E-state index contributed by atoms with van der Waals surface area (Å²) in [5, 5.41) is 0. The molecule has 0 aliphatic rings. The van der Waals surface area contributed by atoms with E-state index in [1.54, 1.807) is 42.5 Å². The lowest BCUT2D eigenvalue weighted by molar-refractivity contribution is -0.145. The Balaban J connectivity index is 2.35. The molecule has 0 bridgehead atoms. The summed E-state index contributed by atoms with van der Waals surface area (Å²) >= 11 is 0. The van der Waals surface area contributed by atoms with Crippen LogP contribution in [0.4, 0.5) is 0 Å². The molecule has 0 radical (unpaired) electrons. The number of methoxy groups -OCH3 is 2. The maximum Gasteiger partial charge on any atom is 0.321 e. The van der Waals surface area contributed by atoms with Crippen LogP contribution in [0.25, 0.3) is 0 Å². The molecule has 0 aromatic heterocycles. The molecule has 2 rings (SSSR count). The molecule has 2 aromatic rings. The quantitative estimate of drug-likeness (QED) is 0.264. The lowest BCUT2D eigenvalue weighted by Crippen LogP contribution is -2.27. The molecule has 162 valence electrons. The van der Waals surface area contributed by atoms with Crippen molar-refractivity contribution in [3.63, 3.8) is 0 Å². The molecule has 0 heterocycles. The van der Waals surface area contributed by atoms with Crippen molar-refractivity contribution in [3.05, 3.63) is 59.7 Å². The van der Waals surface area contributed by atoms with Crippen LogP contribution >= 0.6 is 0 Å². The SMILES string of the molecule is CCCCC(CC)COC(=O)C(C(=O)c1c(OC)cccc1OC)c1ccccc1. The molecular formula is C25H32O5. The van der Waals surface area contributed by atoms with E-state index in [4.69, 9.17) is 14.2 Å². The second-order valence-electron chi connectivity index (χ2n) is 7.29. The van der Waals surface area contributed by atoms with E-state index in [0.29, 0.717) is 29.6 Å². The van der Waals surface area contributed by atoms with Crippen molar-refractivity contribution >= 4 is 11.8 Å². The molecule has 0 aliphatic carbocycles. The lowest BCUT2D eigenvalue weighted by Gasteiger charge is -2.20. The van der Waals surface area contributed by atoms with E-state index in [-0.39, 0.29) is 5.56 Å². The van der Waals surface area contributed by atoms with E-state index in [9.17, 15) is 9.59 Å². The number of hydrogen-bond acceptors (Lipinski definition) is 5. The highest BCUT2D eigenvalue weighted by Gasteiger charge is 2.34. The first-order valence-corrected chi connectivity index (χ1v) is 10.5. The number of ether oxygens (including phenoxy) is 3. The van der Waals surface area contributed by atoms with Crippen LogP contribution in [0.15, 0.2) is 48.5 Å². The summed E-state index contributed by atoms with van der Waals surface area (Å²) in [6, 6.07) is 14.1. The van der Waals surface area contributed by atoms with Crippen LogP contribution in [0, 0.1) is 5.92 Å². The van der Waals surface area contributed by atoms with Crippen LogP contribution in [-0.4, -0.2) is 32.6 Å². The molecule has 2 aromatic carbocycles. The van der Waals surface area contributed by atoms with Gasteiger partial charge in [-0.25, -0.2) is 0 Å². The highest BCUT2D eigenvalue weighted by atomic mass is 16.5. The Morgan fingerprint density at radius 1 is 0.900 bits per heavy atom. The zero-order valence-electron chi connectivity index (χ0n) is 18.4. The molecule has 0 aliphatic heterocycles. The minimum Gasteiger partial charge on any atom is -0.496 e. The summed E-state index contributed by atoms with van der Waals surface area (Å²) in [7, 11) is 2.97. The first-order valence-electron chi connectivity index (χ1n) is 10.5. The van der Waals surface area contributed by atoms with Crippen molar-refractivity contribution in [3.8, 4) is 11.5 Å². The summed E-state index contributed by atoms with van der Waals surface area (Å²) in [5.74, 6) is -1.01. The van der Waals surface area contributed by atoms with Gasteiger partial charge in [-0.1, -0.05) is 69.5 Å². The van der Waals surface area contributed by atoms with E-state index in [0.717, 1.165) is 25.7 Å². The Hall–Kier alpha value is -2.82. The van der Waals surface area contributed by atoms with E-state index < -0.39 is 17.7 Å². The number of rotatable bonds is 12. The number of esters is 1. The standard InChI is InChI=1S/C25H32O5/c1-5-7-12-18(6-2)17-30-25(27)22(19-13-9-8-10-14-19)24(26)23-20(28-3)15-11-16-21(23)29-4/h8-11,13-16,18,22H,5-7,12,17H2,1-4H3. The summed E-state index contributed by atoms with van der Waals surface area (Å²) in [5.41, 5.74) is 0.827. The number of carbonyl (C=O) groups is 2. The third-order valence-corrected chi connectivity index (χ3v) is 5.31. The predicted octanol–water partition coefficient (Wildman–Crippen LogP) is 5.43. The van der Waals surface area contributed by atoms with Crippen LogP contribution in [0.5, 0.6) is 11.5 Å². The molecule has 5 nitrogen and oxygen atoms in total. The van der Waals surface area contributed by atoms with Gasteiger partial charge >= 0.3 is 5.97 Å². The maximum absolute atomic E-state index is 13.6. The number of unbranched alkanes of at least 4 members (excludes halogenated alkanes) is 1. The summed E-state index contributed by atoms with van der Waals surface area (Å²) in [6.45, 7) is 4.55. The maximum atomic E-state index is 13.6. The topological polar surface area (TPSA) is 61.8 Å². The second kappa shape index (κ2) is 12.0. The molecule has 2 atom stereocenters. The number of Topliss-reactive ketones (excluding diaryl/α,β-unsaturated/α-hetero) is 1. The molecule has 0 amide bonds. The van der Waals surface area contributed by atoms with Crippen molar-refractivity contribution in [2.24, 2.45) is 5.92 Å². The van der Waals surface area contributed by atoms with Crippen molar-refractivity contribution in [2.75, 3.05) is 20.8 Å². The average molecular weight is 413 g/mol. The molecule has 0 N–H and O–H groups in total. The summed E-state index contributed by atoms with van der Waals surface area (Å²) in [6.07, 6.45) is 4.13. The van der Waals surface area contributed by atoms with Crippen LogP contribution in [0.2, 0.25) is 0 Å². The predicted molar refractivity (Wildman–Crippen MR) is 117 cm³/mol. The normalized spacial score (nSPS) is 12.7. The number of hydrogen-bond donors (Lipinski definition) is 0. The summed E-state index contributed by atoms with van der Waals surface area (Å²) in [4.78, 5) is 26.7. The van der Waals surface area contributed by atoms with Gasteiger partial charge in [-0.05, 0) is 30.0 Å². The minimum absolute atomic E-state index is 0.242. The monoisotopic (exact) mass is 412 g/mol. The van der Waals surface area contributed by atoms with E-state index in [1.165, 1.54) is 14.2 Å². The zero-order chi connectivity index (χ0) is 21.9. The minimum atomic E-state index is -1.08. The lowest BCUT2D eigenvalue weighted by atomic mass is 9.89. The Morgan fingerprint density at radius 3 is 2.07 bits per heavy atom. The Labute approximate surface area is 179 Å². The number of benzene rings is 2. The third-order valence-electron chi connectivity index (χ3n) is 5.31. The van der Waals surface area contributed by atoms with Crippen molar-refractivity contribution in [2.45, 2.75) is 45.4 Å². The highest BCUT2D eigenvalue weighted by molar-refractivity contribution is 6.15. The summed E-state index contributed by atoms with van der Waals surface area (Å²) < 4.78 is 16.4. The second-order valence-corrected chi connectivity index (χ2v) is 7.29. The molecule has 30 heavy (non-hydrogen) atoms. The molecule has 0 saturated carbocycles. The molecule has 0 spiro atoms. The van der Waals surface area contributed by atoms with Crippen LogP contribution in [0.1, 0.15) is 61.4 Å². The van der Waals surface area contributed by atoms with Gasteiger partial charge in [-0.15, -0.1) is 0 Å². The first kappa shape index (κ1) is 23.5. The fourth-order valence-electron chi connectivity index (χ4n) is 3.46. The van der Waals surface area contributed by atoms with Crippen molar-refractivity contribution in [1.29, 1.82) is 0 Å². The Bertz CT molecular complexity index is 793. The highest BCUT2D eigenvalue weighted by Crippen LogP contribution is 2.34. The molecule has 5 heteroatoms. The smallest absolute Gasteiger partial charge is 0.321 e. The zero-order valence-corrected chi connectivity index (χ0v) is 18.4. The van der Waals surface area contributed by atoms with E-state index >= 15 is 0 Å². The Kier molecular flexibility index (Phi) is 9.39. The molecule has 0 saturated heterocycles. The van der Waals surface area contributed by atoms with Gasteiger partial charge < -0.3 is 14.2 Å². The van der Waals surface area contributed by atoms with Crippen molar-refractivity contribution in [1.82, 2.24) is 0 Å². The number of carbonyl (C=O) groups excluding carboxylic acids is 2. The van der Waals surface area contributed by atoms with Gasteiger partial charge in [0, 0.05) is 0 Å². The van der Waals surface area contributed by atoms with E-state index in [1.807, 2.05) is 6.07 Å². The molecular weight excluding hydrogens is 380 g/mol.